The molecule has 86 valence electrons. The summed E-state index contributed by atoms with van der Waals surface area (Å²) in [6.07, 6.45) is 5.79. The van der Waals surface area contributed by atoms with Gasteiger partial charge in [-0.3, -0.25) is 0 Å². The first-order valence-corrected chi connectivity index (χ1v) is 5.27. The normalized spacial score (nSPS) is 10.6. The number of hydrogen-bond acceptors (Lipinski definition) is 2. The van der Waals surface area contributed by atoms with Crippen molar-refractivity contribution in [2.45, 2.75) is 19.8 Å². The number of allylic oxidation sites excluding steroid dienone is 1. The molecule has 0 aliphatic carbocycles. The second kappa shape index (κ2) is 5.95. The Labute approximate surface area is 95.4 Å². The highest BCUT2D eigenvalue weighted by atomic mass is 16.5. The van der Waals surface area contributed by atoms with Crippen LogP contribution in [0.15, 0.2) is 24.3 Å². The van der Waals surface area contributed by atoms with Crippen LogP contribution < -0.4 is 4.74 Å². The molecule has 3 heteroatoms. The van der Waals surface area contributed by atoms with E-state index >= 15 is 0 Å². The Balaban J connectivity index is 3.12. The van der Waals surface area contributed by atoms with Gasteiger partial charge in [0, 0.05) is 0 Å². The number of rotatable bonds is 5. The van der Waals surface area contributed by atoms with Gasteiger partial charge in [0.25, 0.3) is 0 Å². The predicted molar refractivity (Wildman–Crippen MR) is 63.9 cm³/mol. The molecular formula is C13H16O3. The highest BCUT2D eigenvalue weighted by Crippen LogP contribution is 2.23. The van der Waals surface area contributed by atoms with E-state index < -0.39 is 5.97 Å². The predicted octanol–water partition coefficient (Wildman–Crippen LogP) is 3.21. The summed E-state index contributed by atoms with van der Waals surface area (Å²) >= 11 is 0. The van der Waals surface area contributed by atoms with Gasteiger partial charge in [0.05, 0.1) is 7.11 Å². The lowest BCUT2D eigenvalue weighted by atomic mass is 10.1. The smallest absolute Gasteiger partial charge is 0.340 e. The van der Waals surface area contributed by atoms with Crippen LogP contribution in [-0.4, -0.2) is 18.2 Å². The van der Waals surface area contributed by atoms with E-state index in [1.54, 1.807) is 18.2 Å². The molecule has 0 aliphatic heterocycles. The van der Waals surface area contributed by atoms with Crippen molar-refractivity contribution in [2.24, 2.45) is 0 Å². The van der Waals surface area contributed by atoms with Gasteiger partial charge in [-0.15, -0.1) is 0 Å². The molecule has 0 heterocycles. The fourth-order valence-electron chi connectivity index (χ4n) is 1.46. The lowest BCUT2D eigenvalue weighted by molar-refractivity contribution is 0.0693. The Morgan fingerprint density at radius 3 is 2.81 bits per heavy atom. The largest absolute Gasteiger partial charge is 0.496 e. The Morgan fingerprint density at radius 1 is 1.50 bits per heavy atom. The number of benzene rings is 1. The Bertz CT molecular complexity index is 394. The van der Waals surface area contributed by atoms with Crippen LogP contribution in [0.3, 0.4) is 0 Å². The third-order valence-corrected chi connectivity index (χ3v) is 2.24. The summed E-state index contributed by atoms with van der Waals surface area (Å²) < 4.78 is 5.04. The molecule has 0 aliphatic rings. The van der Waals surface area contributed by atoms with Crippen LogP contribution in [0.4, 0.5) is 0 Å². The number of methoxy groups -OCH3 is 1. The number of unbranched alkanes of at least 4 members (excludes halogenated alkanes) is 1. The van der Waals surface area contributed by atoms with Crippen molar-refractivity contribution in [1.82, 2.24) is 0 Å². The van der Waals surface area contributed by atoms with Gasteiger partial charge >= 0.3 is 5.97 Å². The summed E-state index contributed by atoms with van der Waals surface area (Å²) in [7, 11) is 1.47. The van der Waals surface area contributed by atoms with Crippen molar-refractivity contribution in [3.05, 3.63) is 35.4 Å². The maximum Gasteiger partial charge on any atom is 0.340 e. The minimum atomic E-state index is -0.964. The molecule has 1 N–H and O–H groups in total. The number of ether oxygens (including phenoxy) is 1. The first kappa shape index (κ1) is 12.3. The van der Waals surface area contributed by atoms with Crippen LogP contribution in [0, 0.1) is 0 Å². The molecule has 0 aromatic heterocycles. The monoisotopic (exact) mass is 220 g/mol. The third kappa shape index (κ3) is 2.86. The van der Waals surface area contributed by atoms with Gasteiger partial charge in [-0.1, -0.05) is 37.6 Å². The number of carbonyl (C=O) groups is 1. The SMILES string of the molecule is CCC/C=C/c1cccc(OC)c1C(=O)O. The molecule has 0 radical (unpaired) electrons. The third-order valence-electron chi connectivity index (χ3n) is 2.24. The molecule has 0 atom stereocenters. The van der Waals surface area contributed by atoms with E-state index in [1.807, 2.05) is 12.2 Å². The zero-order chi connectivity index (χ0) is 12.0. The average molecular weight is 220 g/mol. The van der Waals surface area contributed by atoms with Crippen molar-refractivity contribution >= 4 is 12.0 Å². The quantitative estimate of drug-likeness (QED) is 0.828. The lowest BCUT2D eigenvalue weighted by Gasteiger charge is -2.07. The van der Waals surface area contributed by atoms with E-state index in [0.29, 0.717) is 11.3 Å². The first-order valence-electron chi connectivity index (χ1n) is 5.27. The van der Waals surface area contributed by atoms with Crippen LogP contribution in [0.1, 0.15) is 35.7 Å². The molecule has 1 aromatic carbocycles. The molecule has 0 saturated carbocycles. The summed E-state index contributed by atoms with van der Waals surface area (Å²) in [5.74, 6) is -0.570. The number of aromatic carboxylic acids is 1. The molecule has 3 nitrogen and oxygen atoms in total. The fraction of sp³-hybridized carbons (Fsp3) is 0.308. The van der Waals surface area contributed by atoms with Gasteiger partial charge in [-0.2, -0.15) is 0 Å². The maximum atomic E-state index is 11.1. The molecule has 0 saturated heterocycles. The molecule has 1 aromatic rings. The van der Waals surface area contributed by atoms with Crippen molar-refractivity contribution in [1.29, 1.82) is 0 Å². The van der Waals surface area contributed by atoms with E-state index in [9.17, 15) is 4.79 Å². The number of hydrogen-bond donors (Lipinski definition) is 1. The van der Waals surface area contributed by atoms with Crippen LogP contribution >= 0.6 is 0 Å². The zero-order valence-electron chi connectivity index (χ0n) is 9.56. The van der Waals surface area contributed by atoms with E-state index in [2.05, 4.69) is 6.92 Å². The molecule has 0 spiro atoms. The maximum absolute atomic E-state index is 11.1. The van der Waals surface area contributed by atoms with Crippen LogP contribution in [0.25, 0.3) is 6.08 Å². The van der Waals surface area contributed by atoms with E-state index in [4.69, 9.17) is 9.84 Å². The lowest BCUT2D eigenvalue weighted by Crippen LogP contribution is -2.02. The van der Waals surface area contributed by atoms with Gasteiger partial charge in [0.1, 0.15) is 11.3 Å². The van der Waals surface area contributed by atoms with Crippen molar-refractivity contribution in [2.75, 3.05) is 7.11 Å². The average Bonchev–Trinajstić information content (AvgIpc) is 2.28. The second-order valence-corrected chi connectivity index (χ2v) is 3.42. The minimum Gasteiger partial charge on any atom is -0.496 e. The van der Waals surface area contributed by atoms with Crippen molar-refractivity contribution in [3.63, 3.8) is 0 Å². The topological polar surface area (TPSA) is 46.5 Å². The van der Waals surface area contributed by atoms with Crippen molar-refractivity contribution < 1.29 is 14.6 Å². The highest BCUT2D eigenvalue weighted by Gasteiger charge is 2.13. The molecule has 0 bridgehead atoms. The van der Waals surface area contributed by atoms with Gasteiger partial charge in [-0.25, -0.2) is 4.79 Å². The van der Waals surface area contributed by atoms with E-state index in [-0.39, 0.29) is 5.56 Å². The summed E-state index contributed by atoms with van der Waals surface area (Å²) in [5, 5.41) is 9.12. The van der Waals surface area contributed by atoms with Crippen LogP contribution in [-0.2, 0) is 0 Å². The van der Waals surface area contributed by atoms with Gasteiger partial charge in [-0.05, 0) is 18.1 Å². The van der Waals surface area contributed by atoms with Crippen LogP contribution in [0.2, 0.25) is 0 Å². The van der Waals surface area contributed by atoms with Gasteiger partial charge in [0.2, 0.25) is 0 Å². The summed E-state index contributed by atoms with van der Waals surface area (Å²) in [6.45, 7) is 2.08. The standard InChI is InChI=1S/C13H16O3/c1-3-4-5-7-10-8-6-9-11(16-2)12(10)13(14)15/h5-9H,3-4H2,1-2H3,(H,14,15)/b7-5+. The molecular weight excluding hydrogens is 204 g/mol. The van der Waals surface area contributed by atoms with E-state index in [1.165, 1.54) is 7.11 Å². The fourth-order valence-corrected chi connectivity index (χ4v) is 1.46. The summed E-state index contributed by atoms with van der Waals surface area (Å²) in [5.41, 5.74) is 0.901. The van der Waals surface area contributed by atoms with Gasteiger partial charge < -0.3 is 9.84 Å². The van der Waals surface area contributed by atoms with Gasteiger partial charge in [0.15, 0.2) is 0 Å². The Morgan fingerprint density at radius 2 is 2.25 bits per heavy atom. The van der Waals surface area contributed by atoms with Crippen LogP contribution in [0.5, 0.6) is 5.75 Å². The first-order chi connectivity index (χ1) is 7.70. The van der Waals surface area contributed by atoms with E-state index in [0.717, 1.165) is 12.8 Å². The molecule has 1 rings (SSSR count). The van der Waals surface area contributed by atoms with Crippen molar-refractivity contribution in [3.8, 4) is 5.75 Å². The zero-order valence-corrected chi connectivity index (χ0v) is 9.56. The second-order valence-electron chi connectivity index (χ2n) is 3.42. The minimum absolute atomic E-state index is 0.220. The highest BCUT2D eigenvalue weighted by molar-refractivity contribution is 5.95. The summed E-state index contributed by atoms with van der Waals surface area (Å²) in [4.78, 5) is 11.1. The Kier molecular flexibility index (Phi) is 4.58. The Hall–Kier alpha value is -1.77. The molecule has 16 heavy (non-hydrogen) atoms. The molecule has 0 amide bonds. The molecule has 0 fully saturated rings. The summed E-state index contributed by atoms with van der Waals surface area (Å²) in [6, 6.07) is 5.22. The number of carboxylic acid groups (broad SMARTS) is 1. The molecule has 0 unspecified atom stereocenters. The number of carboxylic acids is 1.